The molecule has 1 saturated carbocycles. The van der Waals surface area contributed by atoms with E-state index in [4.69, 9.17) is 0 Å². The van der Waals surface area contributed by atoms with Gasteiger partial charge >= 0.3 is 0 Å². The van der Waals surface area contributed by atoms with Crippen LogP contribution in [0.2, 0.25) is 0 Å². The predicted octanol–water partition coefficient (Wildman–Crippen LogP) is 18.1. The molecular weight excluding hydrogens is 968 g/mol. The van der Waals surface area contributed by atoms with Crippen LogP contribution in [0.3, 0.4) is 0 Å². The molecule has 9 aromatic carbocycles. The van der Waals surface area contributed by atoms with Crippen molar-refractivity contribution in [1.82, 2.24) is 0 Å². The quantitative estimate of drug-likeness (QED) is 0.149. The van der Waals surface area contributed by atoms with E-state index in [1.807, 2.05) is 6.07 Å². The maximum Gasteiger partial charge on any atom is 0.252 e. The molecule has 5 heteroatoms. The zero-order valence-corrected chi connectivity index (χ0v) is 48.0. The normalized spacial score (nSPS) is 20.1. The number of anilines is 8. The van der Waals surface area contributed by atoms with Crippen LogP contribution in [0.4, 0.5) is 45.5 Å². The number of fused-ring (bicyclic) bond motifs is 8. The highest BCUT2D eigenvalue weighted by atomic mass is 15.3. The molecule has 3 atom stereocenters. The fourth-order valence-corrected chi connectivity index (χ4v) is 15.4. The number of nitrogens with zero attached hydrogens (tertiary/aromatic N) is 4. The second kappa shape index (κ2) is 18.2. The van der Waals surface area contributed by atoms with E-state index in [9.17, 15) is 5.26 Å². The van der Waals surface area contributed by atoms with Crippen LogP contribution < -0.4 is 31.1 Å². The molecular formula is C75H71BN4. The average Bonchev–Trinajstić information content (AvgIpc) is 4.08. The highest BCUT2D eigenvalue weighted by molar-refractivity contribution is 7.00. The number of hydrogen-bond donors (Lipinski definition) is 0. The molecule has 9 aromatic rings. The molecule has 0 saturated heterocycles. The zero-order chi connectivity index (χ0) is 55.0. The molecule has 14 rings (SSSR count). The molecule has 0 radical (unpaired) electrons. The number of rotatable bonds is 7. The Kier molecular flexibility index (Phi) is 11.4. The van der Waals surface area contributed by atoms with Gasteiger partial charge in [0.05, 0.1) is 22.9 Å². The van der Waals surface area contributed by atoms with Gasteiger partial charge in [-0.1, -0.05) is 189 Å². The van der Waals surface area contributed by atoms with Crippen LogP contribution in [0.25, 0.3) is 33.4 Å². The van der Waals surface area contributed by atoms with Gasteiger partial charge in [-0.15, -0.1) is 0 Å². The molecule has 2 aliphatic carbocycles. The molecule has 0 aromatic heterocycles. The fraction of sp³-hybridized carbons (Fsp3) is 0.267. The summed E-state index contributed by atoms with van der Waals surface area (Å²) in [5, 5.41) is 10.4. The predicted molar refractivity (Wildman–Crippen MR) is 338 cm³/mol. The second-order valence-corrected chi connectivity index (χ2v) is 26.3. The van der Waals surface area contributed by atoms with Crippen molar-refractivity contribution >= 4 is 68.6 Å². The first-order valence-corrected chi connectivity index (χ1v) is 29.4. The second-order valence-electron chi connectivity index (χ2n) is 26.3. The van der Waals surface area contributed by atoms with Gasteiger partial charge in [0.25, 0.3) is 6.71 Å². The van der Waals surface area contributed by atoms with E-state index < -0.39 is 0 Å². The fourth-order valence-electron chi connectivity index (χ4n) is 15.4. The molecule has 3 aliphatic heterocycles. The third kappa shape index (κ3) is 7.54. The van der Waals surface area contributed by atoms with Crippen LogP contribution in [0.15, 0.2) is 194 Å². The van der Waals surface area contributed by atoms with Crippen LogP contribution in [-0.4, -0.2) is 12.3 Å². The minimum atomic E-state index is -0.251. The summed E-state index contributed by atoms with van der Waals surface area (Å²) in [6.45, 7) is 21.8. The van der Waals surface area contributed by atoms with Crippen molar-refractivity contribution in [3.63, 3.8) is 0 Å². The smallest absolute Gasteiger partial charge is 0.252 e. The van der Waals surface area contributed by atoms with Gasteiger partial charge < -0.3 is 14.7 Å². The Hall–Kier alpha value is -8.07. The molecule has 5 aliphatic rings. The first-order chi connectivity index (χ1) is 38.6. The van der Waals surface area contributed by atoms with E-state index in [0.717, 1.165) is 36.9 Å². The number of nitriles is 1. The van der Waals surface area contributed by atoms with Crippen LogP contribution in [0.5, 0.6) is 0 Å². The molecule has 3 unspecified atom stereocenters. The van der Waals surface area contributed by atoms with Crippen LogP contribution in [0, 0.1) is 17.2 Å². The average molecular weight is 1040 g/mol. The Morgan fingerprint density at radius 3 is 1.79 bits per heavy atom. The first kappa shape index (κ1) is 50.2. The van der Waals surface area contributed by atoms with Gasteiger partial charge in [0.1, 0.15) is 0 Å². The summed E-state index contributed by atoms with van der Waals surface area (Å²) in [6, 6.07) is 76.4. The van der Waals surface area contributed by atoms with Crippen molar-refractivity contribution in [2.75, 3.05) is 14.7 Å². The summed E-state index contributed by atoms with van der Waals surface area (Å²) in [4.78, 5) is 8.04. The molecule has 1 fully saturated rings. The lowest BCUT2D eigenvalue weighted by molar-refractivity contribution is 0.330. The van der Waals surface area contributed by atoms with Gasteiger partial charge in [-0.2, -0.15) is 5.26 Å². The lowest BCUT2D eigenvalue weighted by Gasteiger charge is -2.48. The topological polar surface area (TPSA) is 33.5 Å². The van der Waals surface area contributed by atoms with E-state index in [-0.39, 0.29) is 28.5 Å². The summed E-state index contributed by atoms with van der Waals surface area (Å²) in [7, 11) is 0. The van der Waals surface area contributed by atoms with Gasteiger partial charge in [0.2, 0.25) is 0 Å². The summed E-state index contributed by atoms with van der Waals surface area (Å²) in [5.41, 5.74) is 26.6. The minimum Gasteiger partial charge on any atom is -0.334 e. The van der Waals surface area contributed by atoms with Gasteiger partial charge in [-0.3, -0.25) is 0 Å². The summed E-state index contributed by atoms with van der Waals surface area (Å²) in [6.07, 6.45) is 5.55. The third-order valence-electron chi connectivity index (χ3n) is 20.0. The van der Waals surface area contributed by atoms with Crippen LogP contribution in [-0.2, 0) is 16.2 Å². The first-order valence-electron chi connectivity index (χ1n) is 29.4. The Labute approximate surface area is 475 Å². The zero-order valence-electron chi connectivity index (χ0n) is 48.0. The largest absolute Gasteiger partial charge is 0.334 e. The Morgan fingerprint density at radius 2 is 1.12 bits per heavy atom. The third-order valence-corrected chi connectivity index (χ3v) is 20.0. The van der Waals surface area contributed by atoms with Crippen LogP contribution in [0.1, 0.15) is 128 Å². The van der Waals surface area contributed by atoms with Gasteiger partial charge in [0.15, 0.2) is 0 Å². The highest BCUT2D eigenvalue weighted by Crippen LogP contribution is 2.63. The maximum absolute atomic E-state index is 10.4. The summed E-state index contributed by atoms with van der Waals surface area (Å²) in [5.74, 6) is 0.919. The van der Waals surface area contributed by atoms with E-state index >= 15 is 0 Å². The molecule has 0 spiro atoms. The molecule has 394 valence electrons. The van der Waals surface area contributed by atoms with Gasteiger partial charge in [0, 0.05) is 50.8 Å². The SMILES string of the molecule is CC(C)C1CCC(C)(C)c2cc3c(cc21)N(c1ccc(C(C)(C)C)cc1-c1ccccc1)c1cc(N2c4ccc(C#N)cc4C4(C)CCCC24C)cc2c1B3c1cc(-c3ccccc3)ccc1N2c1ccc(-c2ccccc2)cc1. The molecule has 4 nitrogen and oxygen atoms in total. The van der Waals surface area contributed by atoms with E-state index in [0.29, 0.717) is 11.8 Å². The summed E-state index contributed by atoms with van der Waals surface area (Å²) < 4.78 is 0. The van der Waals surface area contributed by atoms with Crippen molar-refractivity contribution in [3.05, 3.63) is 222 Å². The lowest BCUT2D eigenvalue weighted by Crippen LogP contribution is -2.62. The van der Waals surface area contributed by atoms with Crippen LogP contribution >= 0.6 is 0 Å². The Bertz CT molecular complexity index is 3980. The van der Waals surface area contributed by atoms with Crippen molar-refractivity contribution < 1.29 is 0 Å². The minimum absolute atomic E-state index is 0.00897. The van der Waals surface area contributed by atoms with Crippen molar-refractivity contribution in [2.45, 2.75) is 122 Å². The number of hydrogen-bond acceptors (Lipinski definition) is 4. The van der Waals surface area contributed by atoms with E-state index in [2.05, 4.69) is 271 Å². The van der Waals surface area contributed by atoms with Crippen molar-refractivity contribution in [2.24, 2.45) is 5.92 Å². The summed E-state index contributed by atoms with van der Waals surface area (Å²) >= 11 is 0. The highest BCUT2D eigenvalue weighted by Gasteiger charge is 2.60. The Morgan fingerprint density at radius 1 is 0.525 bits per heavy atom. The maximum atomic E-state index is 10.4. The van der Waals surface area contributed by atoms with E-state index in [1.54, 1.807) is 0 Å². The Balaban J connectivity index is 1.14. The molecule has 0 bridgehead atoms. The van der Waals surface area contributed by atoms with Gasteiger partial charge in [-0.25, -0.2) is 0 Å². The van der Waals surface area contributed by atoms with E-state index in [1.165, 1.54) is 118 Å². The standard InChI is InChI=1S/C75H71BN4/c1-48(2)58-36-39-73(6,7)61-46-64-68(45-60(58)61)79(65-35-30-55(72(3,4)5)42-59(65)53-24-17-12-18-25-53)70-44-57(80-66-33-26-49(47-77)40-62(66)74(8)37-19-38-75(74,80)9)43-69-71(70)76(64)63-41-54(51-22-15-11-16-23-51)29-34-67(63)78(69)56-31-27-52(28-32-56)50-20-13-10-14-21-50/h10-18,20-35,40-46,48,58H,19,36-39H2,1-9H3. The van der Waals surface area contributed by atoms with Crippen molar-refractivity contribution in [1.29, 1.82) is 5.26 Å². The van der Waals surface area contributed by atoms with Crippen molar-refractivity contribution in [3.8, 4) is 39.4 Å². The van der Waals surface area contributed by atoms with Gasteiger partial charge in [-0.05, 0) is 188 Å². The molecule has 0 amide bonds. The monoisotopic (exact) mass is 1040 g/mol. The molecule has 0 N–H and O–H groups in total. The molecule has 3 heterocycles. The molecule has 80 heavy (non-hydrogen) atoms. The lowest BCUT2D eigenvalue weighted by atomic mass is 9.33. The number of benzene rings is 9.